The lowest BCUT2D eigenvalue weighted by Crippen LogP contribution is -2.63. The van der Waals surface area contributed by atoms with E-state index in [9.17, 15) is 18.0 Å². The first-order chi connectivity index (χ1) is 12.8. The Kier molecular flexibility index (Phi) is 4.90. The highest BCUT2D eigenvalue weighted by atomic mass is 19.4. The molecule has 3 rings (SSSR count). The number of carbonyl (C=O) groups is 1. The Morgan fingerprint density at radius 3 is 2.44 bits per heavy atom. The first kappa shape index (κ1) is 18.9. The van der Waals surface area contributed by atoms with Crippen molar-refractivity contribution in [2.45, 2.75) is 6.30 Å². The summed E-state index contributed by atoms with van der Waals surface area (Å²) >= 11 is 0. The summed E-state index contributed by atoms with van der Waals surface area (Å²) in [4.78, 5) is 18.4. The predicted octanol–water partition coefficient (Wildman–Crippen LogP) is 3.06. The number of pyridine rings is 1. The number of nitrogens with zero attached hydrogens (tertiary/aromatic N) is 5. The van der Waals surface area contributed by atoms with Crippen LogP contribution in [0.25, 0.3) is 0 Å². The average molecular weight is 376 g/mol. The molecule has 0 saturated heterocycles. The fourth-order valence-corrected chi connectivity index (χ4v) is 2.89. The highest BCUT2D eigenvalue weighted by Gasteiger charge is 2.63. The molecule has 1 aliphatic heterocycles. The average Bonchev–Trinajstić information content (AvgIpc) is 3.05. The number of hydrogen-bond donors (Lipinski definition) is 0. The van der Waals surface area contributed by atoms with Crippen LogP contribution in [0, 0.1) is 0 Å². The summed E-state index contributed by atoms with van der Waals surface area (Å²) in [6, 6.07) is 10.3. The molecular weight excluding hydrogens is 359 g/mol. The van der Waals surface area contributed by atoms with Gasteiger partial charge in [-0.15, -0.1) is 17.7 Å². The number of hydrogen-bond acceptors (Lipinski definition) is 5. The number of aromatic nitrogens is 1. The molecule has 27 heavy (non-hydrogen) atoms. The Morgan fingerprint density at radius 1 is 1.11 bits per heavy atom. The van der Waals surface area contributed by atoms with Crippen molar-refractivity contribution in [2.75, 3.05) is 20.6 Å². The van der Waals surface area contributed by atoms with Crippen molar-refractivity contribution in [3.63, 3.8) is 0 Å². The minimum absolute atomic E-state index is 0.0625. The van der Waals surface area contributed by atoms with Crippen molar-refractivity contribution in [3.05, 3.63) is 59.9 Å². The van der Waals surface area contributed by atoms with E-state index in [-0.39, 0.29) is 29.3 Å². The minimum Gasteiger partial charge on any atom is -0.299 e. The third-order valence-corrected chi connectivity index (χ3v) is 4.09. The zero-order valence-corrected chi connectivity index (χ0v) is 14.7. The van der Waals surface area contributed by atoms with Crippen molar-refractivity contribution in [1.29, 1.82) is 0 Å². The van der Waals surface area contributed by atoms with Gasteiger partial charge >= 0.3 is 6.30 Å². The van der Waals surface area contributed by atoms with E-state index in [4.69, 9.17) is 0 Å². The number of amidine groups is 1. The van der Waals surface area contributed by atoms with Gasteiger partial charge in [-0.1, -0.05) is 28.4 Å². The van der Waals surface area contributed by atoms with Crippen LogP contribution >= 0.6 is 0 Å². The lowest BCUT2D eigenvalue weighted by molar-refractivity contribution is -0.187. The number of para-hydroxylation sites is 1. The first-order valence-corrected chi connectivity index (χ1v) is 8.04. The molecule has 0 radical (unpaired) electrons. The SMILES string of the molecule is CN(C)CC1=NN=C[N+]1(c1ccccc1C(=O)c1ccccn1)C(F)(F)F. The van der Waals surface area contributed by atoms with Gasteiger partial charge in [-0.25, -0.2) is 0 Å². The van der Waals surface area contributed by atoms with Gasteiger partial charge in [0, 0.05) is 12.3 Å². The maximum Gasteiger partial charge on any atom is 0.578 e. The Bertz CT molecular complexity index is 909. The van der Waals surface area contributed by atoms with Crippen molar-refractivity contribution in [1.82, 2.24) is 14.4 Å². The van der Waals surface area contributed by atoms with Gasteiger partial charge in [0.15, 0.2) is 5.69 Å². The zero-order valence-electron chi connectivity index (χ0n) is 14.7. The topological polar surface area (TPSA) is 57.9 Å². The molecule has 9 heteroatoms. The van der Waals surface area contributed by atoms with Gasteiger partial charge in [0.1, 0.15) is 5.69 Å². The molecule has 1 aromatic heterocycles. The van der Waals surface area contributed by atoms with Gasteiger partial charge in [-0.05, 0) is 32.3 Å². The molecule has 1 atom stereocenters. The third kappa shape index (κ3) is 3.26. The standard InChI is InChI=1S/C18H17F3N5O/c1-25(2)11-16-24-23-12-26(16,18(19,20)21)15-9-4-3-7-13(15)17(27)14-8-5-6-10-22-14/h3-10,12H,11H2,1-2H3/q+1. The number of rotatable bonds is 5. The van der Waals surface area contributed by atoms with Crippen LogP contribution in [-0.2, 0) is 0 Å². The number of carbonyl (C=O) groups excluding carboxylic acids is 1. The molecule has 0 aliphatic carbocycles. The highest BCUT2D eigenvalue weighted by Crippen LogP contribution is 2.41. The molecule has 6 nitrogen and oxygen atoms in total. The summed E-state index contributed by atoms with van der Waals surface area (Å²) in [6.07, 6.45) is -2.65. The van der Waals surface area contributed by atoms with E-state index in [1.165, 1.54) is 36.5 Å². The number of likely N-dealkylation sites (N-methyl/N-ethyl adjacent to an activating group) is 1. The molecule has 0 amide bonds. The van der Waals surface area contributed by atoms with Gasteiger partial charge in [-0.2, -0.15) is 0 Å². The van der Waals surface area contributed by atoms with E-state index in [1.807, 2.05) is 0 Å². The monoisotopic (exact) mass is 376 g/mol. The quantitative estimate of drug-likeness (QED) is 0.458. The van der Waals surface area contributed by atoms with E-state index in [0.29, 0.717) is 6.34 Å². The summed E-state index contributed by atoms with van der Waals surface area (Å²) in [5.41, 5.74) is -0.302. The van der Waals surface area contributed by atoms with Crippen LogP contribution in [0.15, 0.2) is 58.9 Å². The van der Waals surface area contributed by atoms with Crippen LogP contribution in [0.3, 0.4) is 0 Å². The molecule has 0 N–H and O–H groups in total. The van der Waals surface area contributed by atoms with Crippen molar-refractivity contribution >= 4 is 23.6 Å². The number of benzene rings is 1. The molecule has 1 unspecified atom stereocenters. The molecule has 2 aromatic rings. The fraction of sp³-hybridized carbons (Fsp3) is 0.222. The lowest BCUT2D eigenvalue weighted by atomic mass is 10.0. The van der Waals surface area contributed by atoms with Crippen molar-refractivity contribution in [3.8, 4) is 0 Å². The van der Waals surface area contributed by atoms with Crippen LogP contribution in [0.4, 0.5) is 18.9 Å². The Hall–Kier alpha value is -2.91. The molecule has 0 spiro atoms. The summed E-state index contributed by atoms with van der Waals surface area (Å²) in [5.74, 6) is -0.841. The number of halogens is 3. The fourth-order valence-electron chi connectivity index (χ4n) is 2.89. The van der Waals surface area contributed by atoms with Gasteiger partial charge in [0.2, 0.25) is 12.1 Å². The van der Waals surface area contributed by atoms with Gasteiger partial charge in [0.25, 0.3) is 5.84 Å². The van der Waals surface area contributed by atoms with Crippen molar-refractivity contribution in [2.24, 2.45) is 10.2 Å². The van der Waals surface area contributed by atoms with E-state index >= 15 is 0 Å². The van der Waals surface area contributed by atoms with Crippen molar-refractivity contribution < 1.29 is 18.0 Å². The number of quaternary nitrogens is 1. The molecule has 1 aliphatic rings. The molecule has 0 saturated carbocycles. The summed E-state index contributed by atoms with van der Waals surface area (Å²) in [7, 11) is 3.27. The molecule has 0 bridgehead atoms. The normalized spacial score (nSPS) is 19.4. The summed E-state index contributed by atoms with van der Waals surface area (Å²) in [6.45, 7) is -0.0778. The van der Waals surface area contributed by atoms with Crippen LogP contribution in [0.2, 0.25) is 0 Å². The first-order valence-electron chi connectivity index (χ1n) is 8.04. The smallest absolute Gasteiger partial charge is 0.299 e. The maximum atomic E-state index is 14.3. The van der Waals surface area contributed by atoms with Gasteiger partial charge in [0.05, 0.1) is 12.1 Å². The molecular formula is C18H17F3N5O+. The minimum atomic E-state index is -4.78. The zero-order chi connectivity index (χ0) is 19.7. The molecule has 0 fully saturated rings. The van der Waals surface area contributed by atoms with E-state index in [1.54, 1.807) is 31.1 Å². The van der Waals surface area contributed by atoms with E-state index in [2.05, 4.69) is 15.2 Å². The number of alkyl halides is 3. The van der Waals surface area contributed by atoms with Crippen LogP contribution in [0.1, 0.15) is 16.1 Å². The Labute approximate surface area is 153 Å². The Balaban J connectivity index is 2.20. The van der Waals surface area contributed by atoms with Gasteiger partial charge in [-0.3, -0.25) is 14.7 Å². The second kappa shape index (κ2) is 7.01. The molecule has 140 valence electrons. The van der Waals surface area contributed by atoms with Crippen LogP contribution in [-0.4, -0.2) is 54.8 Å². The van der Waals surface area contributed by atoms with Crippen LogP contribution in [0.5, 0.6) is 0 Å². The predicted molar refractivity (Wildman–Crippen MR) is 96.4 cm³/mol. The summed E-state index contributed by atoms with van der Waals surface area (Å²) < 4.78 is 41.2. The van der Waals surface area contributed by atoms with Crippen LogP contribution < -0.4 is 4.48 Å². The largest absolute Gasteiger partial charge is 0.578 e. The maximum absolute atomic E-state index is 14.3. The highest BCUT2D eigenvalue weighted by molar-refractivity contribution is 6.17. The lowest BCUT2D eigenvalue weighted by Gasteiger charge is -2.33. The third-order valence-electron chi connectivity index (χ3n) is 4.09. The number of ketones is 1. The summed E-state index contributed by atoms with van der Waals surface area (Å²) in [5, 5.41) is 7.26. The van der Waals surface area contributed by atoms with Gasteiger partial charge < -0.3 is 0 Å². The molecule has 2 heterocycles. The Morgan fingerprint density at radius 2 is 1.81 bits per heavy atom. The van der Waals surface area contributed by atoms with E-state index < -0.39 is 16.6 Å². The second-order valence-corrected chi connectivity index (χ2v) is 6.24. The second-order valence-electron chi connectivity index (χ2n) is 6.24. The van der Waals surface area contributed by atoms with E-state index in [0.717, 1.165) is 0 Å². The molecule has 1 aromatic carbocycles.